The average molecular weight is 402 g/mol. The number of fused-ring (bicyclic) bond motifs is 1. The molecule has 6 heteroatoms. The molecule has 2 N–H and O–H groups in total. The van der Waals surface area contributed by atoms with Crippen molar-refractivity contribution in [3.63, 3.8) is 0 Å². The third-order valence-corrected chi connectivity index (χ3v) is 4.71. The zero-order valence-corrected chi connectivity index (χ0v) is 16.0. The van der Waals surface area contributed by atoms with Gasteiger partial charge < -0.3 is 15.0 Å². The molecule has 0 fully saturated rings. The molecular formula is C24H19FN2O3. The van der Waals surface area contributed by atoms with Crippen LogP contribution in [-0.4, -0.2) is 16.9 Å². The second-order valence-corrected chi connectivity index (χ2v) is 6.81. The lowest BCUT2D eigenvalue weighted by atomic mass is 10.1. The first-order chi connectivity index (χ1) is 14.6. The number of aromatic amines is 1. The fourth-order valence-electron chi connectivity index (χ4n) is 3.25. The van der Waals surface area contributed by atoms with Crippen LogP contribution in [0.2, 0.25) is 0 Å². The molecule has 30 heavy (non-hydrogen) atoms. The number of hydrogen-bond acceptors (Lipinski definition) is 3. The van der Waals surface area contributed by atoms with E-state index in [0.717, 1.165) is 16.5 Å². The Morgan fingerprint density at radius 3 is 2.40 bits per heavy atom. The molecule has 0 spiro atoms. The Kier molecular flexibility index (Phi) is 5.57. The van der Waals surface area contributed by atoms with Crippen molar-refractivity contribution in [2.45, 2.75) is 12.5 Å². The van der Waals surface area contributed by atoms with E-state index in [-0.39, 0.29) is 6.42 Å². The van der Waals surface area contributed by atoms with Crippen LogP contribution in [0.3, 0.4) is 0 Å². The Bertz CT molecular complexity index is 1170. The summed E-state index contributed by atoms with van der Waals surface area (Å²) >= 11 is 0. The highest BCUT2D eigenvalue weighted by Gasteiger charge is 2.25. The van der Waals surface area contributed by atoms with Gasteiger partial charge in [0, 0.05) is 28.4 Å². The number of rotatable bonds is 6. The third kappa shape index (κ3) is 4.38. The van der Waals surface area contributed by atoms with E-state index in [1.54, 1.807) is 30.5 Å². The maximum atomic E-state index is 13.1. The van der Waals surface area contributed by atoms with E-state index in [9.17, 15) is 14.0 Å². The van der Waals surface area contributed by atoms with E-state index in [1.807, 2.05) is 30.3 Å². The summed E-state index contributed by atoms with van der Waals surface area (Å²) in [6.07, 6.45) is 0.660. The van der Waals surface area contributed by atoms with E-state index in [0.29, 0.717) is 11.3 Å². The van der Waals surface area contributed by atoms with E-state index in [2.05, 4.69) is 10.3 Å². The molecule has 0 aliphatic carbocycles. The van der Waals surface area contributed by atoms with Crippen molar-refractivity contribution >= 4 is 28.5 Å². The maximum Gasteiger partial charge on any atom is 0.311 e. The summed E-state index contributed by atoms with van der Waals surface area (Å²) in [5, 5.41) is 3.60. The largest absolute Gasteiger partial charge is 0.447 e. The number of halogens is 1. The molecule has 0 aliphatic heterocycles. The lowest BCUT2D eigenvalue weighted by Gasteiger charge is -2.18. The summed E-state index contributed by atoms with van der Waals surface area (Å²) in [5.41, 5.74) is 2.68. The van der Waals surface area contributed by atoms with Crippen LogP contribution in [0.4, 0.5) is 10.1 Å². The number of amides is 1. The summed E-state index contributed by atoms with van der Waals surface area (Å²) in [6.45, 7) is 0. The number of aromatic nitrogens is 1. The van der Waals surface area contributed by atoms with Crippen LogP contribution in [0.25, 0.3) is 10.9 Å². The second-order valence-electron chi connectivity index (χ2n) is 6.81. The van der Waals surface area contributed by atoms with Crippen molar-refractivity contribution in [2.24, 2.45) is 0 Å². The molecule has 5 nitrogen and oxygen atoms in total. The quantitative estimate of drug-likeness (QED) is 0.456. The highest BCUT2D eigenvalue weighted by atomic mass is 19.1. The first kappa shape index (κ1) is 19.4. The number of esters is 1. The second kappa shape index (κ2) is 8.61. The molecule has 0 saturated carbocycles. The number of ether oxygens (including phenoxy) is 1. The number of hydrogen-bond donors (Lipinski definition) is 2. The highest BCUT2D eigenvalue weighted by Crippen LogP contribution is 2.23. The predicted molar refractivity (Wildman–Crippen MR) is 112 cm³/mol. The van der Waals surface area contributed by atoms with Crippen LogP contribution in [0.1, 0.15) is 17.2 Å². The van der Waals surface area contributed by atoms with Crippen molar-refractivity contribution < 1.29 is 18.7 Å². The molecule has 0 unspecified atom stereocenters. The van der Waals surface area contributed by atoms with Gasteiger partial charge in [-0.25, -0.2) is 4.39 Å². The molecular weight excluding hydrogens is 383 g/mol. The van der Waals surface area contributed by atoms with Crippen LogP contribution in [0, 0.1) is 5.82 Å². The first-order valence-electron chi connectivity index (χ1n) is 9.46. The van der Waals surface area contributed by atoms with Crippen molar-refractivity contribution in [3.8, 4) is 0 Å². The minimum atomic E-state index is -1.13. The fraction of sp³-hybridized carbons (Fsp3) is 0.0833. The van der Waals surface area contributed by atoms with Crippen molar-refractivity contribution in [1.82, 2.24) is 4.98 Å². The monoisotopic (exact) mass is 402 g/mol. The number of para-hydroxylation sites is 1. The summed E-state index contributed by atoms with van der Waals surface area (Å²) in [5.74, 6) is -1.44. The highest BCUT2D eigenvalue weighted by molar-refractivity contribution is 5.96. The average Bonchev–Trinajstić information content (AvgIpc) is 3.17. The molecule has 1 heterocycles. The van der Waals surface area contributed by atoms with Gasteiger partial charge in [-0.05, 0) is 35.9 Å². The Morgan fingerprint density at radius 2 is 1.63 bits per heavy atom. The summed E-state index contributed by atoms with van der Waals surface area (Å²) < 4.78 is 18.7. The lowest BCUT2D eigenvalue weighted by molar-refractivity contribution is -0.154. The van der Waals surface area contributed by atoms with E-state index in [4.69, 9.17) is 4.74 Å². The molecule has 1 amide bonds. The van der Waals surface area contributed by atoms with Gasteiger partial charge in [-0.2, -0.15) is 0 Å². The van der Waals surface area contributed by atoms with Gasteiger partial charge in [0.05, 0.1) is 6.42 Å². The van der Waals surface area contributed by atoms with E-state index >= 15 is 0 Å². The number of benzene rings is 3. The van der Waals surface area contributed by atoms with Crippen LogP contribution in [0.15, 0.2) is 85.1 Å². The third-order valence-electron chi connectivity index (χ3n) is 4.71. The van der Waals surface area contributed by atoms with Crippen LogP contribution >= 0.6 is 0 Å². The van der Waals surface area contributed by atoms with Gasteiger partial charge in [-0.15, -0.1) is 0 Å². The zero-order valence-electron chi connectivity index (χ0n) is 16.0. The first-order valence-corrected chi connectivity index (χ1v) is 9.46. The molecule has 4 aromatic rings. The molecule has 1 aromatic heterocycles. The van der Waals surface area contributed by atoms with Crippen molar-refractivity contribution in [1.29, 1.82) is 0 Å². The smallest absolute Gasteiger partial charge is 0.311 e. The minimum Gasteiger partial charge on any atom is -0.447 e. The number of H-pyrrole nitrogens is 1. The predicted octanol–water partition coefficient (Wildman–Crippen LogP) is 4.77. The van der Waals surface area contributed by atoms with Gasteiger partial charge in [0.2, 0.25) is 6.10 Å². The molecule has 0 bridgehead atoms. The summed E-state index contributed by atoms with van der Waals surface area (Å²) in [4.78, 5) is 28.7. The number of carbonyl (C=O) groups is 2. The summed E-state index contributed by atoms with van der Waals surface area (Å²) in [6, 6.07) is 21.8. The lowest BCUT2D eigenvalue weighted by Crippen LogP contribution is -2.26. The molecule has 150 valence electrons. The normalized spacial score (nSPS) is 11.8. The van der Waals surface area contributed by atoms with Crippen LogP contribution in [-0.2, 0) is 20.7 Å². The topological polar surface area (TPSA) is 71.2 Å². The number of carbonyl (C=O) groups excluding carboxylic acids is 2. The van der Waals surface area contributed by atoms with E-state index in [1.165, 1.54) is 24.3 Å². The molecule has 0 saturated heterocycles. The molecule has 1 atom stereocenters. The van der Waals surface area contributed by atoms with Crippen molar-refractivity contribution in [2.75, 3.05) is 5.32 Å². The SMILES string of the molecule is O=C(Cc1c[nH]c2ccccc12)O[C@H](C(=O)Nc1ccc(F)cc1)c1ccccc1. The van der Waals surface area contributed by atoms with Gasteiger partial charge in [0.25, 0.3) is 5.91 Å². The van der Waals surface area contributed by atoms with Gasteiger partial charge in [0.1, 0.15) is 5.82 Å². The summed E-state index contributed by atoms with van der Waals surface area (Å²) in [7, 11) is 0. The minimum absolute atomic E-state index is 0.0250. The number of anilines is 1. The number of nitrogens with one attached hydrogen (secondary N) is 2. The Hall–Kier alpha value is -3.93. The van der Waals surface area contributed by atoms with Crippen LogP contribution < -0.4 is 5.32 Å². The van der Waals surface area contributed by atoms with Gasteiger partial charge in [-0.1, -0.05) is 48.5 Å². The van der Waals surface area contributed by atoms with Crippen molar-refractivity contribution in [3.05, 3.63) is 102 Å². The molecule has 0 aliphatic rings. The standard InChI is InChI=1S/C24H19FN2O3/c25-18-10-12-19(13-11-18)27-24(29)23(16-6-2-1-3-7-16)30-22(28)14-17-15-26-21-9-5-4-8-20(17)21/h1-13,15,23,26H,14H2,(H,27,29)/t23-/m0/s1. The maximum absolute atomic E-state index is 13.1. The van der Waals surface area contributed by atoms with E-state index < -0.39 is 23.8 Å². The van der Waals surface area contributed by atoms with Gasteiger partial charge in [-0.3, -0.25) is 9.59 Å². The fourth-order valence-corrected chi connectivity index (χ4v) is 3.25. The Morgan fingerprint density at radius 1 is 0.933 bits per heavy atom. The Balaban J connectivity index is 1.53. The Labute approximate surface area is 172 Å². The molecule has 3 aromatic carbocycles. The van der Waals surface area contributed by atoms with Crippen LogP contribution in [0.5, 0.6) is 0 Å². The molecule has 0 radical (unpaired) electrons. The molecule has 4 rings (SSSR count). The van der Waals surface area contributed by atoms with Gasteiger partial charge >= 0.3 is 5.97 Å². The van der Waals surface area contributed by atoms with Gasteiger partial charge in [0.15, 0.2) is 0 Å². The zero-order chi connectivity index (χ0) is 20.9.